The van der Waals surface area contributed by atoms with E-state index in [0.29, 0.717) is 18.1 Å². The van der Waals surface area contributed by atoms with Crippen molar-refractivity contribution in [3.05, 3.63) is 46.7 Å². The van der Waals surface area contributed by atoms with E-state index < -0.39 is 5.97 Å². The van der Waals surface area contributed by atoms with Crippen LogP contribution < -0.4 is 5.73 Å². The van der Waals surface area contributed by atoms with Gasteiger partial charge in [0.25, 0.3) is 0 Å². The monoisotopic (exact) mass is 280 g/mol. The highest BCUT2D eigenvalue weighted by molar-refractivity contribution is 6.31. The van der Waals surface area contributed by atoms with Gasteiger partial charge in [0.1, 0.15) is 6.61 Å². The molecule has 0 saturated heterocycles. The van der Waals surface area contributed by atoms with Crippen molar-refractivity contribution < 1.29 is 9.53 Å². The fourth-order valence-electron chi connectivity index (χ4n) is 1.47. The predicted octanol–water partition coefficient (Wildman–Crippen LogP) is 1.25. The number of nitrogens with zero attached hydrogens (tertiary/aromatic N) is 3. The molecule has 2 N–H and O–H groups in total. The SMILES string of the molecule is NCCn1cc(C(=O)OCc2ccccc2Cl)nn1. The average Bonchev–Trinajstić information content (AvgIpc) is 2.87. The van der Waals surface area contributed by atoms with Crippen LogP contribution in [-0.2, 0) is 17.9 Å². The van der Waals surface area contributed by atoms with Crippen molar-refractivity contribution in [2.75, 3.05) is 6.54 Å². The van der Waals surface area contributed by atoms with Gasteiger partial charge in [-0.2, -0.15) is 0 Å². The standard InChI is InChI=1S/C12H13ClN4O2/c13-10-4-2-1-3-9(10)8-19-12(18)11-7-17(6-5-14)16-15-11/h1-4,7H,5-6,8,14H2. The highest BCUT2D eigenvalue weighted by Crippen LogP contribution is 2.16. The molecule has 0 atom stereocenters. The molecular formula is C12H13ClN4O2. The maximum Gasteiger partial charge on any atom is 0.360 e. The lowest BCUT2D eigenvalue weighted by atomic mass is 10.2. The van der Waals surface area contributed by atoms with Crippen LogP contribution in [0.25, 0.3) is 0 Å². The highest BCUT2D eigenvalue weighted by atomic mass is 35.5. The number of esters is 1. The van der Waals surface area contributed by atoms with Crippen LogP contribution in [0.3, 0.4) is 0 Å². The molecule has 0 spiro atoms. The first-order valence-corrected chi connectivity index (χ1v) is 6.09. The normalized spacial score (nSPS) is 10.4. The molecule has 0 aliphatic rings. The molecule has 7 heteroatoms. The second kappa shape index (κ2) is 6.31. The van der Waals surface area contributed by atoms with Crippen LogP contribution in [0, 0.1) is 0 Å². The number of hydrogen-bond acceptors (Lipinski definition) is 5. The lowest BCUT2D eigenvalue weighted by Crippen LogP contribution is -2.10. The quantitative estimate of drug-likeness (QED) is 0.833. The first kappa shape index (κ1) is 13.5. The van der Waals surface area contributed by atoms with Crippen molar-refractivity contribution in [1.82, 2.24) is 15.0 Å². The van der Waals surface area contributed by atoms with E-state index in [-0.39, 0.29) is 12.3 Å². The molecule has 2 aromatic rings. The van der Waals surface area contributed by atoms with Gasteiger partial charge in [0.2, 0.25) is 0 Å². The molecule has 1 heterocycles. The van der Waals surface area contributed by atoms with E-state index in [1.807, 2.05) is 12.1 Å². The average molecular weight is 281 g/mol. The number of rotatable bonds is 5. The molecule has 2 rings (SSSR count). The summed E-state index contributed by atoms with van der Waals surface area (Å²) >= 11 is 5.96. The van der Waals surface area contributed by atoms with E-state index >= 15 is 0 Å². The summed E-state index contributed by atoms with van der Waals surface area (Å²) in [6.45, 7) is 1.03. The Labute approximate surface area is 115 Å². The number of halogens is 1. The van der Waals surface area contributed by atoms with Crippen LogP contribution in [0.1, 0.15) is 16.1 Å². The summed E-state index contributed by atoms with van der Waals surface area (Å²) in [5, 5.41) is 8.04. The second-order valence-corrected chi connectivity index (χ2v) is 4.23. The Balaban J connectivity index is 1.95. The second-order valence-electron chi connectivity index (χ2n) is 3.82. The summed E-state index contributed by atoms with van der Waals surface area (Å²) in [7, 11) is 0. The smallest absolute Gasteiger partial charge is 0.360 e. The molecular weight excluding hydrogens is 268 g/mol. The highest BCUT2D eigenvalue weighted by Gasteiger charge is 2.12. The molecule has 6 nitrogen and oxygen atoms in total. The summed E-state index contributed by atoms with van der Waals surface area (Å²) < 4.78 is 6.61. The molecule has 0 saturated carbocycles. The number of ether oxygens (including phenoxy) is 1. The van der Waals surface area contributed by atoms with Crippen LogP contribution in [0.2, 0.25) is 5.02 Å². The van der Waals surface area contributed by atoms with Crippen molar-refractivity contribution >= 4 is 17.6 Å². The Kier molecular flexibility index (Phi) is 4.48. The molecule has 0 aliphatic carbocycles. The van der Waals surface area contributed by atoms with E-state index in [0.717, 1.165) is 5.56 Å². The zero-order valence-corrected chi connectivity index (χ0v) is 10.9. The lowest BCUT2D eigenvalue weighted by molar-refractivity contribution is 0.0465. The van der Waals surface area contributed by atoms with Gasteiger partial charge in [-0.1, -0.05) is 35.0 Å². The van der Waals surface area contributed by atoms with E-state index in [2.05, 4.69) is 10.3 Å². The molecule has 0 bridgehead atoms. The minimum atomic E-state index is -0.539. The molecule has 0 radical (unpaired) electrons. The van der Waals surface area contributed by atoms with Gasteiger partial charge in [0, 0.05) is 17.1 Å². The largest absolute Gasteiger partial charge is 0.456 e. The van der Waals surface area contributed by atoms with Crippen molar-refractivity contribution in [3.63, 3.8) is 0 Å². The molecule has 19 heavy (non-hydrogen) atoms. The Morgan fingerprint density at radius 1 is 1.42 bits per heavy atom. The van der Waals surface area contributed by atoms with Gasteiger partial charge >= 0.3 is 5.97 Å². The number of aromatic nitrogens is 3. The first-order chi connectivity index (χ1) is 9.20. The van der Waals surface area contributed by atoms with Crippen LogP contribution >= 0.6 is 11.6 Å². The van der Waals surface area contributed by atoms with Crippen molar-refractivity contribution in [2.45, 2.75) is 13.2 Å². The minimum absolute atomic E-state index is 0.0995. The molecule has 0 unspecified atom stereocenters. The third kappa shape index (κ3) is 3.52. The van der Waals surface area contributed by atoms with Gasteiger partial charge < -0.3 is 10.5 Å². The molecule has 0 aliphatic heterocycles. The van der Waals surface area contributed by atoms with Crippen molar-refractivity contribution in [1.29, 1.82) is 0 Å². The summed E-state index contributed by atoms with van der Waals surface area (Å²) in [5.74, 6) is -0.539. The summed E-state index contributed by atoms with van der Waals surface area (Å²) in [5.41, 5.74) is 6.27. The van der Waals surface area contributed by atoms with Crippen molar-refractivity contribution in [3.8, 4) is 0 Å². The van der Waals surface area contributed by atoms with E-state index in [4.69, 9.17) is 22.1 Å². The fourth-order valence-corrected chi connectivity index (χ4v) is 1.66. The third-order valence-corrected chi connectivity index (χ3v) is 2.79. The molecule has 0 amide bonds. The Hall–Kier alpha value is -1.92. The summed E-state index contributed by atoms with van der Waals surface area (Å²) in [6.07, 6.45) is 1.50. The zero-order chi connectivity index (χ0) is 13.7. The maximum atomic E-state index is 11.7. The molecule has 0 fully saturated rings. The summed E-state index contributed by atoms with van der Waals surface area (Å²) in [4.78, 5) is 11.7. The van der Waals surface area contributed by atoms with Crippen molar-refractivity contribution in [2.24, 2.45) is 5.73 Å². The third-order valence-electron chi connectivity index (χ3n) is 2.42. The lowest BCUT2D eigenvalue weighted by Gasteiger charge is -2.04. The van der Waals surface area contributed by atoms with E-state index in [9.17, 15) is 4.79 Å². The zero-order valence-electron chi connectivity index (χ0n) is 10.1. The van der Waals surface area contributed by atoms with Crippen LogP contribution in [0.4, 0.5) is 0 Å². The fraction of sp³-hybridized carbons (Fsp3) is 0.250. The Morgan fingerprint density at radius 3 is 2.95 bits per heavy atom. The van der Waals surface area contributed by atoms with Gasteiger partial charge in [0.05, 0.1) is 12.7 Å². The summed E-state index contributed by atoms with van der Waals surface area (Å²) in [6, 6.07) is 7.17. The van der Waals surface area contributed by atoms with Crippen LogP contribution in [0.15, 0.2) is 30.5 Å². The first-order valence-electron chi connectivity index (χ1n) is 5.71. The predicted molar refractivity (Wildman–Crippen MR) is 69.6 cm³/mol. The van der Waals surface area contributed by atoms with Gasteiger partial charge in [0.15, 0.2) is 5.69 Å². The number of nitrogens with two attached hydrogens (primary N) is 1. The van der Waals surface area contributed by atoms with E-state index in [1.165, 1.54) is 10.9 Å². The molecule has 100 valence electrons. The van der Waals surface area contributed by atoms with Gasteiger partial charge in [-0.05, 0) is 6.07 Å². The van der Waals surface area contributed by atoms with Crippen LogP contribution in [-0.4, -0.2) is 27.5 Å². The number of benzene rings is 1. The topological polar surface area (TPSA) is 83.0 Å². The number of carbonyl (C=O) groups is 1. The van der Waals surface area contributed by atoms with E-state index in [1.54, 1.807) is 12.1 Å². The van der Waals surface area contributed by atoms with Gasteiger partial charge in [-0.25, -0.2) is 4.79 Å². The molecule has 1 aromatic carbocycles. The van der Waals surface area contributed by atoms with Crippen LogP contribution in [0.5, 0.6) is 0 Å². The van der Waals surface area contributed by atoms with Gasteiger partial charge in [-0.3, -0.25) is 4.68 Å². The Morgan fingerprint density at radius 2 is 2.21 bits per heavy atom. The van der Waals surface area contributed by atoms with Gasteiger partial charge in [-0.15, -0.1) is 5.10 Å². The molecule has 1 aromatic heterocycles. The number of hydrogen-bond donors (Lipinski definition) is 1. The Bertz CT molecular complexity index is 570. The number of carbonyl (C=O) groups excluding carboxylic acids is 1. The maximum absolute atomic E-state index is 11.7. The minimum Gasteiger partial charge on any atom is -0.456 e.